The van der Waals surface area contributed by atoms with Crippen molar-refractivity contribution >= 4 is 17.1 Å². The highest BCUT2D eigenvalue weighted by molar-refractivity contribution is 5.97. The van der Waals surface area contributed by atoms with Gasteiger partial charge >= 0.3 is 0 Å². The van der Waals surface area contributed by atoms with Crippen molar-refractivity contribution in [2.24, 2.45) is 0 Å². The van der Waals surface area contributed by atoms with Crippen molar-refractivity contribution in [3.05, 3.63) is 292 Å². The van der Waals surface area contributed by atoms with E-state index in [0.29, 0.717) is 0 Å². The van der Waals surface area contributed by atoms with Crippen LogP contribution in [0.1, 0.15) is 97.2 Å². The van der Waals surface area contributed by atoms with E-state index in [0.717, 1.165) is 17.1 Å². The Morgan fingerprint density at radius 2 is 0.606 bits per heavy atom. The molecule has 0 bridgehead atoms. The topological polar surface area (TPSA) is 3.24 Å². The van der Waals surface area contributed by atoms with Gasteiger partial charge in [0, 0.05) is 17.1 Å². The molecule has 0 atom stereocenters. The van der Waals surface area contributed by atoms with Crippen molar-refractivity contribution in [1.29, 1.82) is 0 Å². The maximum absolute atomic E-state index is 2.55. The van der Waals surface area contributed by atoms with Gasteiger partial charge < -0.3 is 4.90 Å². The van der Waals surface area contributed by atoms with E-state index >= 15 is 0 Å². The summed E-state index contributed by atoms with van der Waals surface area (Å²) in [5.74, 6) is 0. The fraction of sp³-hybridized carbons (Fsp3) is 0.143. The first-order valence-electron chi connectivity index (χ1n) is 25.3. The monoisotopic (exact) mass is 911 g/mol. The van der Waals surface area contributed by atoms with Crippen LogP contribution in [-0.2, 0) is 21.7 Å². The van der Waals surface area contributed by atoms with E-state index in [2.05, 4.69) is 283 Å². The molecule has 0 heterocycles. The number of nitrogens with zero attached hydrogens (tertiary/aromatic N) is 1. The minimum atomic E-state index is -0.538. The number of benzene rings is 10. The molecule has 0 saturated heterocycles. The number of anilines is 3. The van der Waals surface area contributed by atoms with E-state index in [1.165, 1.54) is 100 Å². The third kappa shape index (κ3) is 6.32. The van der Waals surface area contributed by atoms with Crippen molar-refractivity contribution in [2.45, 2.75) is 63.2 Å². The highest BCUT2D eigenvalue weighted by atomic mass is 15.1. The molecule has 0 saturated carbocycles. The molecule has 0 unspecified atom stereocenters. The molecule has 1 nitrogen and oxygen atoms in total. The van der Waals surface area contributed by atoms with Crippen LogP contribution >= 0.6 is 0 Å². The third-order valence-corrected chi connectivity index (χ3v) is 16.1. The van der Waals surface area contributed by atoms with Crippen LogP contribution in [0.4, 0.5) is 17.1 Å². The van der Waals surface area contributed by atoms with E-state index in [4.69, 9.17) is 0 Å². The second-order valence-electron chi connectivity index (χ2n) is 22.1. The SMILES string of the molecule is CC(C)(C)c1ccc2c(c1)C1(c3ccccc3-c3ccc(N(c4ccc(-c5ccccc5)cc4)c4ccc5c(c4)C(c4ccccc4)(c4ccccc4)c4ccccc4-5)cc31)c1cc(C(C)(C)C)ccc1-2. The highest BCUT2D eigenvalue weighted by Crippen LogP contribution is 2.65. The van der Waals surface area contributed by atoms with Gasteiger partial charge in [0.25, 0.3) is 0 Å². The van der Waals surface area contributed by atoms with Gasteiger partial charge in [-0.15, -0.1) is 0 Å². The average Bonchev–Trinajstić information content (AvgIpc) is 3.99. The Bertz CT molecular complexity index is 3590. The molecule has 0 aromatic heterocycles. The van der Waals surface area contributed by atoms with Crippen LogP contribution in [0.5, 0.6) is 0 Å². The zero-order valence-corrected chi connectivity index (χ0v) is 41.5. The molecule has 0 fully saturated rings. The molecule has 1 heteroatoms. The van der Waals surface area contributed by atoms with E-state index in [-0.39, 0.29) is 10.8 Å². The molecule has 13 rings (SSSR count). The zero-order chi connectivity index (χ0) is 48.3. The van der Waals surface area contributed by atoms with Gasteiger partial charge in [0.15, 0.2) is 0 Å². The van der Waals surface area contributed by atoms with Gasteiger partial charge in [0.1, 0.15) is 0 Å². The van der Waals surface area contributed by atoms with Gasteiger partial charge in [0.05, 0.1) is 10.8 Å². The molecule has 3 aliphatic carbocycles. The molecule has 342 valence electrons. The predicted molar refractivity (Wildman–Crippen MR) is 298 cm³/mol. The second-order valence-corrected chi connectivity index (χ2v) is 22.1. The van der Waals surface area contributed by atoms with Crippen LogP contribution < -0.4 is 4.90 Å². The minimum Gasteiger partial charge on any atom is -0.310 e. The summed E-state index contributed by atoms with van der Waals surface area (Å²) in [5.41, 5.74) is 25.6. The van der Waals surface area contributed by atoms with Crippen molar-refractivity contribution in [3.8, 4) is 44.5 Å². The van der Waals surface area contributed by atoms with Crippen LogP contribution in [0.3, 0.4) is 0 Å². The van der Waals surface area contributed by atoms with E-state index in [9.17, 15) is 0 Å². The van der Waals surface area contributed by atoms with Gasteiger partial charge in [0.2, 0.25) is 0 Å². The summed E-state index contributed by atoms with van der Waals surface area (Å²) in [4.78, 5) is 2.52. The standard InChI is InChI=1S/C70H57N/c1-67(2,3)50-32-38-57-58-39-33-51(68(4,5)6)43-64(58)70(63(57)42-50)62-29-19-17-27-56(62)60-41-37-54(45-66(60)70)71(52-34-30-47(31-35-52)46-20-10-7-11-21-46)53-36-40-59-55-26-16-18-28-61(55)69(65(59)44-53,48-22-12-8-13-23-48)49-24-14-9-15-25-49/h7-45H,1-6H3. The smallest absolute Gasteiger partial charge is 0.0726 e. The first-order valence-corrected chi connectivity index (χ1v) is 25.3. The zero-order valence-electron chi connectivity index (χ0n) is 41.5. The summed E-state index contributed by atoms with van der Waals surface area (Å²) < 4.78 is 0. The molecule has 0 N–H and O–H groups in total. The van der Waals surface area contributed by atoms with Crippen molar-refractivity contribution in [3.63, 3.8) is 0 Å². The number of rotatable bonds is 6. The normalized spacial score (nSPS) is 14.3. The Morgan fingerprint density at radius 3 is 1.07 bits per heavy atom. The van der Waals surface area contributed by atoms with Crippen LogP contribution in [-0.4, -0.2) is 0 Å². The van der Waals surface area contributed by atoms with Gasteiger partial charge in [-0.2, -0.15) is 0 Å². The van der Waals surface area contributed by atoms with E-state index in [1.54, 1.807) is 0 Å². The van der Waals surface area contributed by atoms with Gasteiger partial charge in [-0.25, -0.2) is 0 Å². The van der Waals surface area contributed by atoms with Crippen LogP contribution in [0, 0.1) is 0 Å². The maximum atomic E-state index is 2.55. The molecular weight excluding hydrogens is 855 g/mol. The molecule has 10 aromatic rings. The Morgan fingerprint density at radius 1 is 0.268 bits per heavy atom. The predicted octanol–water partition coefficient (Wildman–Crippen LogP) is 18.1. The largest absolute Gasteiger partial charge is 0.310 e. The summed E-state index contributed by atoms with van der Waals surface area (Å²) in [5, 5.41) is 0. The van der Waals surface area contributed by atoms with Crippen LogP contribution in [0.2, 0.25) is 0 Å². The Balaban J connectivity index is 1.09. The molecule has 0 radical (unpaired) electrons. The van der Waals surface area contributed by atoms with Gasteiger partial charge in [-0.3, -0.25) is 0 Å². The molecule has 3 aliphatic rings. The maximum Gasteiger partial charge on any atom is 0.0726 e. The third-order valence-electron chi connectivity index (χ3n) is 16.1. The Labute approximate surface area is 419 Å². The van der Waals surface area contributed by atoms with Gasteiger partial charge in [-0.1, -0.05) is 242 Å². The molecule has 1 spiro atoms. The van der Waals surface area contributed by atoms with E-state index < -0.39 is 10.8 Å². The summed E-state index contributed by atoms with van der Waals surface area (Å²) in [7, 11) is 0. The molecule has 10 aromatic carbocycles. The lowest BCUT2D eigenvalue weighted by molar-refractivity contribution is 0.586. The molecule has 0 aliphatic heterocycles. The lowest BCUT2D eigenvalue weighted by Crippen LogP contribution is -2.29. The quantitative estimate of drug-likeness (QED) is 0.161. The summed E-state index contributed by atoms with van der Waals surface area (Å²) in [6, 6.07) is 89.8. The molecule has 0 amide bonds. The van der Waals surface area contributed by atoms with Crippen molar-refractivity contribution in [2.75, 3.05) is 4.90 Å². The lowest BCUT2D eigenvalue weighted by Gasteiger charge is -2.35. The average molecular weight is 912 g/mol. The van der Waals surface area contributed by atoms with Crippen LogP contribution in [0.25, 0.3) is 44.5 Å². The number of fused-ring (bicyclic) bond motifs is 13. The molecule has 71 heavy (non-hydrogen) atoms. The summed E-state index contributed by atoms with van der Waals surface area (Å²) >= 11 is 0. The second kappa shape index (κ2) is 15.8. The first kappa shape index (κ1) is 43.1. The summed E-state index contributed by atoms with van der Waals surface area (Å²) in [6.45, 7) is 14.1. The van der Waals surface area contributed by atoms with Crippen molar-refractivity contribution in [1.82, 2.24) is 0 Å². The Hall–Kier alpha value is -8.00. The van der Waals surface area contributed by atoms with E-state index in [1.807, 2.05) is 0 Å². The minimum absolute atomic E-state index is 0.0327. The fourth-order valence-corrected chi connectivity index (χ4v) is 12.7. The number of hydrogen-bond donors (Lipinski definition) is 0. The lowest BCUT2D eigenvalue weighted by atomic mass is 9.67. The molecular formula is C70H57N. The first-order chi connectivity index (χ1) is 34.5. The Kier molecular flexibility index (Phi) is 9.55. The van der Waals surface area contributed by atoms with Gasteiger partial charge in [-0.05, 0) is 147 Å². The number of hydrogen-bond acceptors (Lipinski definition) is 1. The summed E-state index contributed by atoms with van der Waals surface area (Å²) in [6.07, 6.45) is 0. The van der Waals surface area contributed by atoms with Crippen molar-refractivity contribution < 1.29 is 0 Å². The van der Waals surface area contributed by atoms with Crippen LogP contribution in [0.15, 0.2) is 237 Å². The highest BCUT2D eigenvalue weighted by Gasteiger charge is 2.53. The fourth-order valence-electron chi connectivity index (χ4n) is 12.7.